The van der Waals surface area contributed by atoms with E-state index in [4.69, 9.17) is 10.8 Å². The number of aliphatic hydroxyl groups is 1. The van der Waals surface area contributed by atoms with E-state index < -0.39 is 0 Å². The van der Waals surface area contributed by atoms with Crippen molar-refractivity contribution in [1.29, 1.82) is 0 Å². The van der Waals surface area contributed by atoms with Gasteiger partial charge in [0.1, 0.15) is 5.82 Å². The van der Waals surface area contributed by atoms with Crippen molar-refractivity contribution in [2.45, 2.75) is 46.6 Å². The van der Waals surface area contributed by atoms with Gasteiger partial charge in [-0.2, -0.15) is 5.10 Å². The minimum absolute atomic E-state index is 0.234. The molecule has 104 valence electrons. The Bertz CT molecular complexity index is 373. The minimum Gasteiger partial charge on any atom is -0.396 e. The van der Waals surface area contributed by atoms with Gasteiger partial charge in [-0.1, -0.05) is 13.3 Å². The fraction of sp³-hybridized carbons (Fsp3) is 0.769. The summed E-state index contributed by atoms with van der Waals surface area (Å²) in [6.45, 7) is 9.28. The van der Waals surface area contributed by atoms with Gasteiger partial charge in [0.2, 0.25) is 0 Å². The lowest BCUT2D eigenvalue weighted by Gasteiger charge is -2.18. The van der Waals surface area contributed by atoms with Gasteiger partial charge in [-0.25, -0.2) is 4.68 Å². The normalized spacial score (nSPS) is 13.0. The molecular formula is C13H26N4O. The maximum Gasteiger partial charge on any atom is 0.148 e. The van der Waals surface area contributed by atoms with Crippen LogP contribution < -0.4 is 11.1 Å². The molecule has 0 bridgehead atoms. The predicted octanol–water partition coefficient (Wildman–Crippen LogP) is 2.18. The summed E-state index contributed by atoms with van der Waals surface area (Å²) in [4.78, 5) is 0. The lowest BCUT2D eigenvalue weighted by atomic mass is 10.0. The number of nitrogen functional groups attached to an aromatic ring is 1. The van der Waals surface area contributed by atoms with Crippen LogP contribution in [-0.2, 0) is 0 Å². The number of anilines is 2. The highest BCUT2D eigenvalue weighted by molar-refractivity contribution is 5.64. The SMILES string of the molecule is CCC(CCO)CNc1c(N)c(C)nn1C(C)C. The molecule has 0 radical (unpaired) electrons. The third kappa shape index (κ3) is 3.38. The van der Waals surface area contributed by atoms with Crippen molar-refractivity contribution in [3.05, 3.63) is 5.69 Å². The van der Waals surface area contributed by atoms with Crippen LogP contribution in [0.1, 0.15) is 45.3 Å². The number of hydrogen-bond donors (Lipinski definition) is 3. The first-order valence-corrected chi connectivity index (χ1v) is 6.70. The second-order valence-corrected chi connectivity index (χ2v) is 5.05. The number of nitrogens with one attached hydrogen (secondary N) is 1. The molecule has 0 saturated carbocycles. The quantitative estimate of drug-likeness (QED) is 0.697. The first-order chi connectivity index (χ1) is 8.51. The van der Waals surface area contributed by atoms with Crippen LogP contribution in [0.25, 0.3) is 0 Å². The molecule has 0 aromatic carbocycles. The second kappa shape index (κ2) is 6.64. The van der Waals surface area contributed by atoms with Crippen molar-refractivity contribution in [1.82, 2.24) is 9.78 Å². The van der Waals surface area contributed by atoms with E-state index in [9.17, 15) is 0 Å². The maximum atomic E-state index is 9.00. The molecule has 1 aromatic heterocycles. The van der Waals surface area contributed by atoms with Crippen molar-refractivity contribution in [2.75, 3.05) is 24.2 Å². The van der Waals surface area contributed by atoms with Gasteiger partial charge >= 0.3 is 0 Å². The number of hydrogen-bond acceptors (Lipinski definition) is 4. The number of aromatic nitrogens is 2. The van der Waals surface area contributed by atoms with Crippen LogP contribution >= 0.6 is 0 Å². The number of nitrogens with two attached hydrogens (primary N) is 1. The number of aryl methyl sites for hydroxylation is 1. The van der Waals surface area contributed by atoms with Crippen molar-refractivity contribution >= 4 is 11.5 Å². The summed E-state index contributed by atoms with van der Waals surface area (Å²) >= 11 is 0. The topological polar surface area (TPSA) is 76.1 Å². The Hall–Kier alpha value is -1.23. The molecule has 1 heterocycles. The minimum atomic E-state index is 0.234. The molecule has 1 unspecified atom stereocenters. The number of nitrogens with zero attached hydrogens (tertiary/aromatic N) is 2. The molecular weight excluding hydrogens is 228 g/mol. The highest BCUT2D eigenvalue weighted by Gasteiger charge is 2.15. The zero-order valence-electron chi connectivity index (χ0n) is 11.9. The lowest BCUT2D eigenvalue weighted by Crippen LogP contribution is -2.18. The van der Waals surface area contributed by atoms with Crippen molar-refractivity contribution in [2.24, 2.45) is 5.92 Å². The molecule has 5 heteroatoms. The van der Waals surface area contributed by atoms with Crippen molar-refractivity contribution in [3.8, 4) is 0 Å². The lowest BCUT2D eigenvalue weighted by molar-refractivity contribution is 0.258. The predicted molar refractivity (Wildman–Crippen MR) is 75.7 cm³/mol. The molecule has 0 aliphatic heterocycles. The van der Waals surface area contributed by atoms with Gasteiger partial charge in [-0.15, -0.1) is 0 Å². The Morgan fingerprint density at radius 3 is 2.61 bits per heavy atom. The van der Waals surface area contributed by atoms with Gasteiger partial charge < -0.3 is 16.2 Å². The largest absolute Gasteiger partial charge is 0.396 e. The molecule has 0 spiro atoms. The molecule has 18 heavy (non-hydrogen) atoms. The molecule has 1 rings (SSSR count). The van der Waals surface area contributed by atoms with Crippen LogP contribution in [0.3, 0.4) is 0 Å². The van der Waals surface area contributed by atoms with Gasteiger partial charge in [-0.05, 0) is 33.1 Å². The maximum absolute atomic E-state index is 9.00. The summed E-state index contributed by atoms with van der Waals surface area (Å²) in [6, 6.07) is 0.279. The average Bonchev–Trinajstić information content (AvgIpc) is 2.62. The fourth-order valence-electron chi connectivity index (χ4n) is 1.98. The summed E-state index contributed by atoms with van der Waals surface area (Å²) in [5, 5.41) is 16.8. The molecule has 0 fully saturated rings. The summed E-state index contributed by atoms with van der Waals surface area (Å²) in [5.41, 5.74) is 7.63. The summed E-state index contributed by atoms with van der Waals surface area (Å²) in [6.07, 6.45) is 1.86. The van der Waals surface area contributed by atoms with Gasteiger partial charge in [0.05, 0.1) is 11.4 Å². The summed E-state index contributed by atoms with van der Waals surface area (Å²) in [5.74, 6) is 1.36. The van der Waals surface area contributed by atoms with Gasteiger partial charge in [0.25, 0.3) is 0 Å². The number of aliphatic hydroxyl groups excluding tert-OH is 1. The molecule has 1 atom stereocenters. The Balaban J connectivity index is 2.77. The average molecular weight is 254 g/mol. The van der Waals surface area contributed by atoms with Crippen LogP contribution in [0.2, 0.25) is 0 Å². The third-order valence-corrected chi connectivity index (χ3v) is 3.29. The van der Waals surface area contributed by atoms with Crippen molar-refractivity contribution in [3.63, 3.8) is 0 Å². The van der Waals surface area contributed by atoms with E-state index in [1.165, 1.54) is 0 Å². The zero-order valence-corrected chi connectivity index (χ0v) is 11.9. The summed E-state index contributed by atoms with van der Waals surface area (Å²) in [7, 11) is 0. The van der Waals surface area contributed by atoms with Gasteiger partial charge in [0.15, 0.2) is 0 Å². The van der Waals surface area contributed by atoms with E-state index in [0.29, 0.717) is 5.92 Å². The van der Waals surface area contributed by atoms with Crippen LogP contribution in [0.5, 0.6) is 0 Å². The smallest absolute Gasteiger partial charge is 0.148 e. The van der Waals surface area contributed by atoms with Gasteiger partial charge in [0, 0.05) is 19.2 Å². The molecule has 1 aromatic rings. The first kappa shape index (κ1) is 14.8. The van der Waals surface area contributed by atoms with Gasteiger partial charge in [-0.3, -0.25) is 0 Å². The highest BCUT2D eigenvalue weighted by Crippen LogP contribution is 2.26. The summed E-state index contributed by atoms with van der Waals surface area (Å²) < 4.78 is 1.93. The molecule has 0 aliphatic rings. The Morgan fingerprint density at radius 2 is 2.11 bits per heavy atom. The van der Waals surface area contributed by atoms with E-state index >= 15 is 0 Å². The van der Waals surface area contributed by atoms with Crippen molar-refractivity contribution < 1.29 is 5.11 Å². The van der Waals surface area contributed by atoms with Crippen LogP contribution in [-0.4, -0.2) is 28.0 Å². The monoisotopic (exact) mass is 254 g/mol. The third-order valence-electron chi connectivity index (χ3n) is 3.29. The zero-order chi connectivity index (χ0) is 13.7. The number of rotatable bonds is 7. The van der Waals surface area contributed by atoms with E-state index in [0.717, 1.165) is 36.6 Å². The molecule has 5 nitrogen and oxygen atoms in total. The van der Waals surface area contributed by atoms with E-state index in [1.54, 1.807) is 0 Å². The first-order valence-electron chi connectivity index (χ1n) is 6.70. The molecule has 4 N–H and O–H groups in total. The Morgan fingerprint density at radius 1 is 1.44 bits per heavy atom. The van der Waals surface area contributed by atoms with E-state index in [-0.39, 0.29) is 12.6 Å². The Labute approximate surface area is 109 Å². The Kier molecular flexibility index (Phi) is 5.47. The van der Waals surface area contributed by atoms with Crippen LogP contribution in [0, 0.1) is 12.8 Å². The highest BCUT2D eigenvalue weighted by atomic mass is 16.3. The molecule has 0 saturated heterocycles. The van der Waals surface area contributed by atoms with E-state index in [1.807, 2.05) is 11.6 Å². The van der Waals surface area contributed by atoms with Crippen LogP contribution in [0.15, 0.2) is 0 Å². The molecule has 0 amide bonds. The van der Waals surface area contributed by atoms with E-state index in [2.05, 4.69) is 31.2 Å². The fourth-order valence-corrected chi connectivity index (χ4v) is 1.98. The second-order valence-electron chi connectivity index (χ2n) is 5.05. The molecule has 0 aliphatic carbocycles. The standard InChI is InChI=1S/C13H26N4O/c1-5-11(6-7-18)8-15-13-12(14)10(4)16-17(13)9(2)3/h9,11,15,18H,5-8,14H2,1-4H3. The van der Waals surface area contributed by atoms with Crippen LogP contribution in [0.4, 0.5) is 11.5 Å².